The molecule has 0 heterocycles. The van der Waals surface area contributed by atoms with Gasteiger partial charge in [-0.3, -0.25) is 0 Å². The molecule has 1 aromatic rings. The highest BCUT2D eigenvalue weighted by Crippen LogP contribution is 2.33. The van der Waals surface area contributed by atoms with Crippen LogP contribution in [0.15, 0.2) is 18.2 Å². The van der Waals surface area contributed by atoms with Gasteiger partial charge in [0.2, 0.25) is 0 Å². The lowest BCUT2D eigenvalue weighted by molar-refractivity contribution is 0.340. The molecule has 0 saturated carbocycles. The van der Waals surface area contributed by atoms with Gasteiger partial charge in [0.25, 0.3) is 0 Å². The third-order valence-electron chi connectivity index (χ3n) is 3.00. The molecule has 0 aliphatic carbocycles. The van der Waals surface area contributed by atoms with Crippen molar-refractivity contribution in [1.29, 1.82) is 0 Å². The van der Waals surface area contributed by atoms with E-state index in [1.54, 1.807) is 0 Å². The average molecular weight is 304 g/mol. The Kier molecular flexibility index (Phi) is 5.33. The Morgan fingerprint density at radius 3 is 2.56 bits per heavy atom. The number of hydrogen-bond acceptors (Lipinski definition) is 0. The number of alkyl halides is 1. The van der Waals surface area contributed by atoms with Crippen molar-refractivity contribution in [2.45, 2.75) is 40.0 Å². The van der Waals surface area contributed by atoms with E-state index in [1.165, 1.54) is 24.0 Å². The molecular formula is C14H20BrCl. The fraction of sp³-hybridized carbons (Fsp3) is 0.571. The summed E-state index contributed by atoms with van der Waals surface area (Å²) in [5.41, 5.74) is 2.81. The van der Waals surface area contributed by atoms with E-state index in [1.807, 2.05) is 0 Å². The van der Waals surface area contributed by atoms with Crippen molar-refractivity contribution in [1.82, 2.24) is 0 Å². The molecule has 1 aromatic carbocycles. The fourth-order valence-electron chi connectivity index (χ4n) is 2.06. The summed E-state index contributed by atoms with van der Waals surface area (Å²) in [6, 6.07) is 6.35. The fourth-order valence-corrected chi connectivity index (χ4v) is 2.84. The van der Waals surface area contributed by atoms with Gasteiger partial charge in [0.15, 0.2) is 0 Å². The molecular weight excluding hydrogens is 284 g/mol. The molecule has 0 aliphatic heterocycles. The molecule has 0 radical (unpaired) electrons. The van der Waals surface area contributed by atoms with Crippen molar-refractivity contribution < 1.29 is 0 Å². The van der Waals surface area contributed by atoms with E-state index in [2.05, 4.69) is 54.9 Å². The summed E-state index contributed by atoms with van der Waals surface area (Å²) in [6.07, 6.45) is 3.49. The van der Waals surface area contributed by atoms with Gasteiger partial charge in [-0.05, 0) is 42.4 Å². The predicted molar refractivity (Wildman–Crippen MR) is 76.7 cm³/mol. The first kappa shape index (κ1) is 14.1. The maximum atomic E-state index is 6.28. The Hall–Kier alpha value is -0.0100. The van der Waals surface area contributed by atoms with E-state index in [9.17, 15) is 0 Å². The van der Waals surface area contributed by atoms with E-state index in [0.717, 1.165) is 16.8 Å². The van der Waals surface area contributed by atoms with E-state index in [0.29, 0.717) is 5.41 Å². The third kappa shape index (κ3) is 3.78. The first-order chi connectivity index (χ1) is 7.50. The normalized spacial score (nSPS) is 14.8. The third-order valence-corrected chi connectivity index (χ3v) is 4.71. The van der Waals surface area contributed by atoms with Crippen molar-refractivity contribution in [2.24, 2.45) is 5.41 Å². The maximum Gasteiger partial charge on any atom is 0.0440 e. The van der Waals surface area contributed by atoms with Crippen LogP contribution in [-0.4, -0.2) is 5.33 Å². The molecule has 1 atom stereocenters. The highest BCUT2D eigenvalue weighted by atomic mass is 79.9. The van der Waals surface area contributed by atoms with E-state index < -0.39 is 0 Å². The number of aryl methyl sites for hydroxylation is 1. The summed E-state index contributed by atoms with van der Waals surface area (Å²) >= 11 is 9.90. The van der Waals surface area contributed by atoms with Crippen LogP contribution in [0, 0.1) is 12.3 Å². The number of halogens is 2. The Labute approximate surface area is 113 Å². The molecule has 0 amide bonds. The van der Waals surface area contributed by atoms with Crippen molar-refractivity contribution in [2.75, 3.05) is 5.33 Å². The van der Waals surface area contributed by atoms with Crippen LogP contribution in [0.5, 0.6) is 0 Å². The van der Waals surface area contributed by atoms with Gasteiger partial charge in [-0.2, -0.15) is 0 Å². The van der Waals surface area contributed by atoms with E-state index in [-0.39, 0.29) is 0 Å². The zero-order chi connectivity index (χ0) is 12.2. The molecule has 0 saturated heterocycles. The largest absolute Gasteiger partial charge is 0.0922 e. The lowest BCUT2D eigenvalue weighted by Crippen LogP contribution is -2.21. The minimum Gasteiger partial charge on any atom is -0.0922 e. The van der Waals surface area contributed by atoms with Crippen molar-refractivity contribution in [3.63, 3.8) is 0 Å². The maximum absolute atomic E-state index is 6.28. The second-order valence-electron chi connectivity index (χ2n) is 4.97. The van der Waals surface area contributed by atoms with Crippen molar-refractivity contribution in [3.8, 4) is 0 Å². The molecule has 0 aromatic heterocycles. The van der Waals surface area contributed by atoms with Crippen LogP contribution in [0.1, 0.15) is 37.8 Å². The summed E-state index contributed by atoms with van der Waals surface area (Å²) in [4.78, 5) is 0. The highest BCUT2D eigenvalue weighted by Gasteiger charge is 2.23. The lowest BCUT2D eigenvalue weighted by atomic mass is 9.81. The lowest BCUT2D eigenvalue weighted by Gasteiger charge is -2.27. The molecule has 0 nitrogen and oxygen atoms in total. The second kappa shape index (κ2) is 6.07. The quantitative estimate of drug-likeness (QED) is 0.640. The van der Waals surface area contributed by atoms with Gasteiger partial charge in [-0.25, -0.2) is 0 Å². The molecule has 0 bridgehead atoms. The monoisotopic (exact) mass is 302 g/mol. The number of hydrogen-bond donors (Lipinski definition) is 0. The minimum absolute atomic E-state index is 0.313. The zero-order valence-electron chi connectivity index (χ0n) is 10.3. The van der Waals surface area contributed by atoms with Gasteiger partial charge in [-0.15, -0.1) is 0 Å². The summed E-state index contributed by atoms with van der Waals surface area (Å²) in [7, 11) is 0. The highest BCUT2D eigenvalue weighted by molar-refractivity contribution is 9.09. The standard InChI is InChI=1S/C14H20BrCl/c1-4-7-14(3,10-15)9-12-6-5-11(2)8-13(12)16/h5-6,8H,4,7,9-10H2,1-3H3. The Morgan fingerprint density at radius 2 is 2.06 bits per heavy atom. The van der Waals surface area contributed by atoms with Crippen LogP contribution in [0.2, 0.25) is 5.02 Å². The first-order valence-electron chi connectivity index (χ1n) is 5.82. The summed E-state index contributed by atoms with van der Waals surface area (Å²) in [5.74, 6) is 0. The van der Waals surface area contributed by atoms with Crippen LogP contribution in [-0.2, 0) is 6.42 Å². The SMILES string of the molecule is CCCC(C)(CBr)Cc1ccc(C)cc1Cl. The summed E-state index contributed by atoms with van der Waals surface area (Å²) < 4.78 is 0. The first-order valence-corrected chi connectivity index (χ1v) is 7.32. The topological polar surface area (TPSA) is 0 Å². The number of rotatable bonds is 5. The molecule has 1 rings (SSSR count). The van der Waals surface area contributed by atoms with Crippen molar-refractivity contribution in [3.05, 3.63) is 34.3 Å². The van der Waals surface area contributed by atoms with Crippen LogP contribution >= 0.6 is 27.5 Å². The second-order valence-corrected chi connectivity index (χ2v) is 5.93. The Morgan fingerprint density at radius 1 is 1.38 bits per heavy atom. The molecule has 90 valence electrons. The summed E-state index contributed by atoms with van der Waals surface area (Å²) in [5, 5.41) is 1.93. The number of benzene rings is 1. The average Bonchev–Trinajstić information content (AvgIpc) is 2.23. The van der Waals surface area contributed by atoms with Crippen LogP contribution in [0.25, 0.3) is 0 Å². The Balaban J connectivity index is 2.85. The van der Waals surface area contributed by atoms with E-state index >= 15 is 0 Å². The predicted octanol–water partition coefficient (Wildman–Crippen LogP) is 5.39. The minimum atomic E-state index is 0.313. The summed E-state index contributed by atoms with van der Waals surface area (Å²) in [6.45, 7) is 6.63. The van der Waals surface area contributed by atoms with Gasteiger partial charge in [-0.1, -0.05) is 59.9 Å². The van der Waals surface area contributed by atoms with Gasteiger partial charge in [0.05, 0.1) is 0 Å². The van der Waals surface area contributed by atoms with Crippen molar-refractivity contribution >= 4 is 27.5 Å². The van der Waals surface area contributed by atoms with Gasteiger partial charge in [0, 0.05) is 10.4 Å². The molecule has 2 heteroatoms. The Bertz CT molecular complexity index is 349. The molecule has 0 fully saturated rings. The zero-order valence-corrected chi connectivity index (χ0v) is 12.7. The molecule has 0 aliphatic rings. The van der Waals surface area contributed by atoms with Gasteiger partial charge >= 0.3 is 0 Å². The van der Waals surface area contributed by atoms with E-state index in [4.69, 9.17) is 11.6 Å². The van der Waals surface area contributed by atoms with Crippen LogP contribution in [0.3, 0.4) is 0 Å². The smallest absolute Gasteiger partial charge is 0.0440 e. The van der Waals surface area contributed by atoms with Gasteiger partial charge in [0.1, 0.15) is 0 Å². The van der Waals surface area contributed by atoms with Crippen LogP contribution in [0.4, 0.5) is 0 Å². The molecule has 1 unspecified atom stereocenters. The molecule has 0 N–H and O–H groups in total. The molecule has 0 spiro atoms. The molecule has 16 heavy (non-hydrogen) atoms. The van der Waals surface area contributed by atoms with Crippen LogP contribution < -0.4 is 0 Å². The van der Waals surface area contributed by atoms with Gasteiger partial charge < -0.3 is 0 Å².